The van der Waals surface area contributed by atoms with E-state index in [2.05, 4.69) is 39.3 Å². The standard InChI is InChI=1S/C11H15BrN2S/c1-8(2)14-5-3-9(4-6-14)11-13-7-10(12)15-11/h7,9H,1,3-6H2,2H3. The first-order chi connectivity index (χ1) is 7.16. The topological polar surface area (TPSA) is 16.1 Å². The van der Waals surface area contributed by atoms with Crippen molar-refractivity contribution in [2.24, 2.45) is 0 Å². The van der Waals surface area contributed by atoms with Gasteiger partial charge in [0.2, 0.25) is 0 Å². The molecule has 0 spiro atoms. The van der Waals surface area contributed by atoms with Gasteiger partial charge < -0.3 is 4.90 Å². The fourth-order valence-corrected chi connectivity index (χ4v) is 3.38. The Morgan fingerprint density at radius 3 is 2.73 bits per heavy atom. The van der Waals surface area contributed by atoms with Crippen molar-refractivity contribution in [1.29, 1.82) is 0 Å². The van der Waals surface area contributed by atoms with E-state index >= 15 is 0 Å². The van der Waals surface area contributed by atoms with Crippen LogP contribution in [0.2, 0.25) is 0 Å². The Labute approximate surface area is 103 Å². The van der Waals surface area contributed by atoms with E-state index in [1.165, 1.54) is 23.5 Å². The number of rotatable bonds is 2. The average molecular weight is 287 g/mol. The molecule has 0 atom stereocenters. The van der Waals surface area contributed by atoms with E-state index in [0.717, 1.165) is 16.9 Å². The fourth-order valence-electron chi connectivity index (χ4n) is 1.96. The van der Waals surface area contributed by atoms with E-state index in [-0.39, 0.29) is 0 Å². The monoisotopic (exact) mass is 286 g/mol. The summed E-state index contributed by atoms with van der Waals surface area (Å²) in [7, 11) is 0. The van der Waals surface area contributed by atoms with Crippen LogP contribution in [0, 0.1) is 0 Å². The summed E-state index contributed by atoms with van der Waals surface area (Å²) in [4.78, 5) is 6.80. The predicted octanol–water partition coefficient (Wildman–Crippen LogP) is 3.62. The molecule has 1 saturated heterocycles. The lowest BCUT2D eigenvalue weighted by atomic mass is 9.97. The molecule has 0 N–H and O–H groups in total. The van der Waals surface area contributed by atoms with Gasteiger partial charge in [-0.05, 0) is 35.7 Å². The Morgan fingerprint density at radius 2 is 2.27 bits per heavy atom. The van der Waals surface area contributed by atoms with Gasteiger partial charge in [0.05, 0.1) is 15.0 Å². The zero-order valence-electron chi connectivity index (χ0n) is 8.87. The van der Waals surface area contributed by atoms with Crippen molar-refractivity contribution in [1.82, 2.24) is 9.88 Å². The van der Waals surface area contributed by atoms with Crippen LogP contribution in [-0.4, -0.2) is 23.0 Å². The van der Waals surface area contributed by atoms with Gasteiger partial charge in [-0.2, -0.15) is 0 Å². The molecule has 1 aliphatic rings. The summed E-state index contributed by atoms with van der Waals surface area (Å²) in [6, 6.07) is 0. The normalized spacial score (nSPS) is 18.1. The van der Waals surface area contributed by atoms with E-state index in [9.17, 15) is 0 Å². The molecule has 0 radical (unpaired) electrons. The van der Waals surface area contributed by atoms with Crippen molar-refractivity contribution in [3.05, 3.63) is 27.3 Å². The van der Waals surface area contributed by atoms with Crippen molar-refractivity contribution < 1.29 is 0 Å². The minimum atomic E-state index is 0.650. The van der Waals surface area contributed by atoms with E-state index in [0.29, 0.717) is 5.92 Å². The number of likely N-dealkylation sites (tertiary alicyclic amines) is 1. The molecule has 0 bridgehead atoms. The summed E-state index contributed by atoms with van der Waals surface area (Å²) in [6.45, 7) is 8.31. The summed E-state index contributed by atoms with van der Waals surface area (Å²) in [5.74, 6) is 0.650. The summed E-state index contributed by atoms with van der Waals surface area (Å²) in [6.07, 6.45) is 4.31. The number of allylic oxidation sites excluding steroid dienone is 1. The van der Waals surface area contributed by atoms with Crippen LogP contribution in [0.15, 0.2) is 22.3 Å². The van der Waals surface area contributed by atoms with Crippen LogP contribution in [0.3, 0.4) is 0 Å². The molecule has 0 aromatic carbocycles. The van der Waals surface area contributed by atoms with E-state index in [1.54, 1.807) is 11.3 Å². The molecule has 0 unspecified atom stereocenters. The molecule has 82 valence electrons. The zero-order valence-corrected chi connectivity index (χ0v) is 11.3. The largest absolute Gasteiger partial charge is 0.375 e. The molecule has 15 heavy (non-hydrogen) atoms. The third-order valence-electron chi connectivity index (χ3n) is 2.88. The molecule has 2 nitrogen and oxygen atoms in total. The number of halogens is 1. The van der Waals surface area contributed by atoms with Crippen molar-refractivity contribution in [2.45, 2.75) is 25.7 Å². The lowest BCUT2D eigenvalue weighted by Crippen LogP contribution is -2.31. The number of thiazole rings is 1. The third-order valence-corrected chi connectivity index (χ3v) is 4.52. The number of hydrogen-bond acceptors (Lipinski definition) is 3. The molecule has 0 amide bonds. The van der Waals surface area contributed by atoms with Crippen LogP contribution >= 0.6 is 27.3 Å². The number of piperidine rings is 1. The minimum absolute atomic E-state index is 0.650. The highest BCUT2D eigenvalue weighted by atomic mass is 79.9. The van der Waals surface area contributed by atoms with Crippen LogP contribution in [-0.2, 0) is 0 Å². The summed E-state index contributed by atoms with van der Waals surface area (Å²) in [5.41, 5.74) is 1.19. The maximum atomic E-state index is 4.44. The lowest BCUT2D eigenvalue weighted by Gasteiger charge is -2.32. The van der Waals surface area contributed by atoms with Gasteiger partial charge in [0, 0.05) is 24.7 Å². The Bertz CT molecular complexity index is 353. The second-order valence-electron chi connectivity index (χ2n) is 4.00. The summed E-state index contributed by atoms with van der Waals surface area (Å²) >= 11 is 5.23. The molecule has 1 aromatic rings. The first-order valence-electron chi connectivity index (χ1n) is 5.18. The Morgan fingerprint density at radius 1 is 1.60 bits per heavy atom. The SMILES string of the molecule is C=C(C)N1CCC(c2ncc(Br)s2)CC1. The van der Waals surface area contributed by atoms with Crippen LogP contribution in [0.25, 0.3) is 0 Å². The molecule has 2 heterocycles. The molecule has 0 saturated carbocycles. The molecule has 1 fully saturated rings. The molecule has 4 heteroatoms. The van der Waals surface area contributed by atoms with Crippen LogP contribution in [0.1, 0.15) is 30.7 Å². The second kappa shape index (κ2) is 4.66. The highest BCUT2D eigenvalue weighted by molar-refractivity contribution is 9.11. The molecular formula is C11H15BrN2S. The first kappa shape index (κ1) is 11.1. The maximum Gasteiger partial charge on any atom is 0.0968 e. The zero-order chi connectivity index (χ0) is 10.8. The molecular weight excluding hydrogens is 272 g/mol. The van der Waals surface area contributed by atoms with E-state index in [4.69, 9.17) is 0 Å². The quantitative estimate of drug-likeness (QED) is 0.826. The lowest BCUT2D eigenvalue weighted by molar-refractivity contribution is 0.264. The van der Waals surface area contributed by atoms with Crippen LogP contribution < -0.4 is 0 Å². The summed E-state index contributed by atoms with van der Waals surface area (Å²) < 4.78 is 1.14. The third kappa shape index (κ3) is 2.61. The van der Waals surface area contributed by atoms with Gasteiger partial charge in [-0.15, -0.1) is 11.3 Å². The molecule has 0 aliphatic carbocycles. The van der Waals surface area contributed by atoms with Gasteiger partial charge in [0.1, 0.15) is 0 Å². The smallest absolute Gasteiger partial charge is 0.0968 e. The highest BCUT2D eigenvalue weighted by Gasteiger charge is 2.22. The van der Waals surface area contributed by atoms with Gasteiger partial charge >= 0.3 is 0 Å². The molecule has 1 aromatic heterocycles. The molecule has 1 aliphatic heterocycles. The van der Waals surface area contributed by atoms with Crippen molar-refractivity contribution in [3.8, 4) is 0 Å². The van der Waals surface area contributed by atoms with Crippen molar-refractivity contribution >= 4 is 27.3 Å². The maximum absolute atomic E-state index is 4.44. The number of hydrogen-bond donors (Lipinski definition) is 0. The van der Waals surface area contributed by atoms with E-state index in [1.807, 2.05) is 6.20 Å². The predicted molar refractivity (Wildman–Crippen MR) is 68.2 cm³/mol. The Balaban J connectivity index is 1.96. The van der Waals surface area contributed by atoms with Gasteiger partial charge in [0.15, 0.2) is 0 Å². The average Bonchev–Trinajstić information content (AvgIpc) is 2.65. The van der Waals surface area contributed by atoms with Gasteiger partial charge in [-0.3, -0.25) is 0 Å². The van der Waals surface area contributed by atoms with Crippen LogP contribution in [0.5, 0.6) is 0 Å². The second-order valence-corrected chi connectivity index (χ2v) is 6.44. The minimum Gasteiger partial charge on any atom is -0.375 e. The highest BCUT2D eigenvalue weighted by Crippen LogP contribution is 2.33. The number of aromatic nitrogens is 1. The van der Waals surface area contributed by atoms with Gasteiger partial charge in [0.25, 0.3) is 0 Å². The summed E-state index contributed by atoms with van der Waals surface area (Å²) in [5, 5.41) is 1.28. The van der Waals surface area contributed by atoms with Crippen molar-refractivity contribution in [2.75, 3.05) is 13.1 Å². The Hall–Kier alpha value is -0.350. The van der Waals surface area contributed by atoms with Gasteiger partial charge in [-0.1, -0.05) is 6.58 Å². The van der Waals surface area contributed by atoms with Gasteiger partial charge in [-0.25, -0.2) is 4.98 Å². The molecule has 2 rings (SSSR count). The van der Waals surface area contributed by atoms with E-state index < -0.39 is 0 Å². The first-order valence-corrected chi connectivity index (χ1v) is 6.79. The number of nitrogens with zero attached hydrogens (tertiary/aromatic N) is 2. The van der Waals surface area contributed by atoms with Crippen LogP contribution in [0.4, 0.5) is 0 Å². The Kier molecular flexibility index (Phi) is 3.46. The van der Waals surface area contributed by atoms with Crippen molar-refractivity contribution in [3.63, 3.8) is 0 Å². The fraction of sp³-hybridized carbons (Fsp3) is 0.545.